The lowest BCUT2D eigenvalue weighted by molar-refractivity contribution is -0.133. The molecule has 0 radical (unpaired) electrons. The summed E-state index contributed by atoms with van der Waals surface area (Å²) in [5, 5.41) is 0. The molecule has 1 amide bonds. The number of amides is 1. The molecule has 0 spiro atoms. The molecule has 0 bridgehead atoms. The Morgan fingerprint density at radius 2 is 1.86 bits per heavy atom. The van der Waals surface area contributed by atoms with Crippen molar-refractivity contribution in [2.75, 3.05) is 20.6 Å². The molecular weight excluding hydrogens is 267 g/mol. The van der Waals surface area contributed by atoms with Gasteiger partial charge in [-0.15, -0.1) is 0 Å². The van der Waals surface area contributed by atoms with Crippen LogP contribution >= 0.6 is 0 Å². The van der Waals surface area contributed by atoms with Crippen molar-refractivity contribution in [2.45, 2.75) is 44.7 Å². The van der Waals surface area contributed by atoms with Gasteiger partial charge in [-0.25, -0.2) is 4.39 Å². The van der Waals surface area contributed by atoms with Gasteiger partial charge in [-0.1, -0.05) is 37.5 Å². The molecule has 1 aliphatic rings. The zero-order valence-corrected chi connectivity index (χ0v) is 13.0. The number of hydrogen-bond donors (Lipinski definition) is 0. The van der Waals surface area contributed by atoms with E-state index in [0.717, 1.165) is 12.8 Å². The van der Waals surface area contributed by atoms with Crippen LogP contribution in [-0.4, -0.2) is 42.4 Å². The van der Waals surface area contributed by atoms with Crippen molar-refractivity contribution in [2.24, 2.45) is 0 Å². The summed E-state index contributed by atoms with van der Waals surface area (Å²) in [5.74, 6) is -0.0850. The normalized spacial score (nSPS) is 16.2. The monoisotopic (exact) mass is 292 g/mol. The van der Waals surface area contributed by atoms with Gasteiger partial charge in [0.25, 0.3) is 0 Å². The molecule has 1 fully saturated rings. The summed E-state index contributed by atoms with van der Waals surface area (Å²) in [7, 11) is 3.76. The first-order chi connectivity index (χ1) is 10.1. The molecular formula is C17H25FN2O. The van der Waals surface area contributed by atoms with E-state index in [-0.39, 0.29) is 11.7 Å². The molecule has 21 heavy (non-hydrogen) atoms. The lowest BCUT2D eigenvalue weighted by Gasteiger charge is -2.32. The Labute approximate surface area is 126 Å². The first kappa shape index (κ1) is 16.0. The third kappa shape index (κ3) is 4.53. The summed E-state index contributed by atoms with van der Waals surface area (Å²) in [4.78, 5) is 16.1. The van der Waals surface area contributed by atoms with Crippen LogP contribution in [0.2, 0.25) is 0 Å². The van der Waals surface area contributed by atoms with Crippen LogP contribution in [0.5, 0.6) is 0 Å². The van der Waals surface area contributed by atoms with Gasteiger partial charge in [0.15, 0.2) is 0 Å². The summed E-state index contributed by atoms with van der Waals surface area (Å²) in [6.07, 6.45) is 5.94. The standard InChI is InChI=1S/C17H25FN2O/c1-19(12-14-8-6-7-11-16(14)18)13-17(21)20(2)15-9-4-3-5-10-15/h6-8,11,15H,3-5,9-10,12-13H2,1-2H3. The van der Waals surface area contributed by atoms with Crippen molar-refractivity contribution in [3.63, 3.8) is 0 Å². The first-order valence-corrected chi connectivity index (χ1v) is 7.75. The molecule has 0 saturated heterocycles. The molecule has 3 nitrogen and oxygen atoms in total. The Kier molecular flexibility index (Phi) is 5.74. The average molecular weight is 292 g/mol. The minimum Gasteiger partial charge on any atom is -0.342 e. The first-order valence-electron chi connectivity index (χ1n) is 7.75. The Balaban J connectivity index is 1.85. The number of halogens is 1. The smallest absolute Gasteiger partial charge is 0.236 e. The second-order valence-corrected chi connectivity index (χ2v) is 6.06. The second-order valence-electron chi connectivity index (χ2n) is 6.06. The number of carbonyl (C=O) groups is 1. The maximum Gasteiger partial charge on any atom is 0.236 e. The molecule has 1 aromatic carbocycles. The highest BCUT2D eigenvalue weighted by atomic mass is 19.1. The molecule has 2 rings (SSSR count). The van der Waals surface area contributed by atoms with Crippen molar-refractivity contribution >= 4 is 5.91 Å². The fourth-order valence-corrected chi connectivity index (χ4v) is 2.99. The third-order valence-electron chi connectivity index (χ3n) is 4.32. The van der Waals surface area contributed by atoms with E-state index in [2.05, 4.69) is 0 Å². The quantitative estimate of drug-likeness (QED) is 0.833. The minimum absolute atomic E-state index is 0.126. The van der Waals surface area contributed by atoms with Gasteiger partial charge >= 0.3 is 0 Å². The van der Waals surface area contributed by atoms with E-state index in [4.69, 9.17) is 0 Å². The number of carbonyl (C=O) groups excluding carboxylic acids is 1. The number of likely N-dealkylation sites (N-methyl/N-ethyl adjacent to an activating group) is 2. The molecule has 4 heteroatoms. The maximum atomic E-state index is 13.6. The largest absolute Gasteiger partial charge is 0.342 e. The lowest BCUT2D eigenvalue weighted by atomic mass is 9.94. The zero-order chi connectivity index (χ0) is 15.2. The van der Waals surface area contributed by atoms with E-state index in [9.17, 15) is 9.18 Å². The summed E-state index contributed by atoms with van der Waals surface area (Å²) in [6.45, 7) is 0.790. The summed E-state index contributed by atoms with van der Waals surface area (Å²) < 4.78 is 13.6. The lowest BCUT2D eigenvalue weighted by Crippen LogP contribution is -2.43. The molecule has 116 valence electrons. The Hall–Kier alpha value is -1.42. The van der Waals surface area contributed by atoms with Crippen LogP contribution in [0.1, 0.15) is 37.7 Å². The predicted molar refractivity (Wildman–Crippen MR) is 82.4 cm³/mol. The summed E-state index contributed by atoms with van der Waals surface area (Å²) in [5.41, 5.74) is 0.633. The molecule has 1 aliphatic carbocycles. The molecule has 0 unspecified atom stereocenters. The number of nitrogens with zero attached hydrogens (tertiary/aromatic N) is 2. The van der Waals surface area contributed by atoms with Gasteiger partial charge in [0.05, 0.1) is 6.54 Å². The second kappa shape index (κ2) is 7.55. The van der Waals surface area contributed by atoms with Crippen LogP contribution in [0.4, 0.5) is 4.39 Å². The Morgan fingerprint density at radius 3 is 2.52 bits per heavy atom. The van der Waals surface area contributed by atoms with E-state index < -0.39 is 0 Å². The van der Waals surface area contributed by atoms with E-state index in [0.29, 0.717) is 24.7 Å². The van der Waals surface area contributed by atoms with Crippen LogP contribution in [0.15, 0.2) is 24.3 Å². The van der Waals surface area contributed by atoms with Gasteiger partial charge in [-0.2, -0.15) is 0 Å². The Bertz CT molecular complexity index is 472. The van der Waals surface area contributed by atoms with Gasteiger partial charge in [-0.3, -0.25) is 9.69 Å². The molecule has 0 aromatic heterocycles. The Morgan fingerprint density at radius 1 is 1.19 bits per heavy atom. The van der Waals surface area contributed by atoms with Crippen LogP contribution < -0.4 is 0 Å². The van der Waals surface area contributed by atoms with Crippen molar-refractivity contribution in [1.29, 1.82) is 0 Å². The van der Waals surface area contributed by atoms with Gasteiger partial charge in [-0.05, 0) is 26.0 Å². The highest BCUT2D eigenvalue weighted by Gasteiger charge is 2.22. The fourth-order valence-electron chi connectivity index (χ4n) is 2.99. The molecule has 0 heterocycles. The molecule has 0 atom stereocenters. The van der Waals surface area contributed by atoms with E-state index in [1.54, 1.807) is 12.1 Å². The van der Waals surface area contributed by atoms with Gasteiger partial charge in [0.2, 0.25) is 5.91 Å². The average Bonchev–Trinajstić information content (AvgIpc) is 2.49. The predicted octanol–water partition coefficient (Wildman–Crippen LogP) is 3.05. The fraction of sp³-hybridized carbons (Fsp3) is 0.588. The SMILES string of the molecule is CN(CC(=O)N(C)C1CCCCC1)Cc1ccccc1F. The molecule has 0 aliphatic heterocycles. The van der Waals surface area contributed by atoms with Crippen LogP contribution in [0.3, 0.4) is 0 Å². The van der Waals surface area contributed by atoms with Crippen molar-refractivity contribution < 1.29 is 9.18 Å². The highest BCUT2D eigenvalue weighted by Crippen LogP contribution is 2.21. The number of benzene rings is 1. The van der Waals surface area contributed by atoms with E-state index >= 15 is 0 Å². The summed E-state index contributed by atoms with van der Waals surface area (Å²) in [6, 6.07) is 7.11. The zero-order valence-electron chi connectivity index (χ0n) is 13.0. The number of hydrogen-bond acceptors (Lipinski definition) is 2. The highest BCUT2D eigenvalue weighted by molar-refractivity contribution is 5.78. The van der Waals surface area contributed by atoms with Crippen molar-refractivity contribution in [1.82, 2.24) is 9.80 Å². The minimum atomic E-state index is -0.211. The van der Waals surface area contributed by atoms with Crippen molar-refractivity contribution in [3.05, 3.63) is 35.6 Å². The van der Waals surface area contributed by atoms with Gasteiger partial charge < -0.3 is 4.90 Å². The van der Waals surface area contributed by atoms with E-state index in [1.807, 2.05) is 30.0 Å². The third-order valence-corrected chi connectivity index (χ3v) is 4.32. The maximum absolute atomic E-state index is 13.6. The van der Waals surface area contributed by atoms with Gasteiger partial charge in [0, 0.05) is 25.2 Å². The summed E-state index contributed by atoms with van der Waals surface area (Å²) >= 11 is 0. The van der Waals surface area contributed by atoms with Crippen LogP contribution in [0, 0.1) is 5.82 Å². The molecule has 1 saturated carbocycles. The van der Waals surface area contributed by atoms with Crippen LogP contribution in [0.25, 0.3) is 0 Å². The number of rotatable bonds is 5. The van der Waals surface area contributed by atoms with Crippen molar-refractivity contribution in [3.8, 4) is 0 Å². The van der Waals surface area contributed by atoms with Gasteiger partial charge in [0.1, 0.15) is 5.82 Å². The van der Waals surface area contributed by atoms with Crippen LogP contribution in [-0.2, 0) is 11.3 Å². The van der Waals surface area contributed by atoms with E-state index in [1.165, 1.54) is 25.3 Å². The molecule has 0 N–H and O–H groups in total. The topological polar surface area (TPSA) is 23.6 Å². The molecule has 1 aromatic rings.